The molecule has 1 fully saturated rings. The van der Waals surface area contributed by atoms with E-state index in [1.165, 1.54) is 0 Å². The predicted molar refractivity (Wildman–Crippen MR) is 50.2 cm³/mol. The van der Waals surface area contributed by atoms with E-state index in [9.17, 15) is 18.0 Å². The van der Waals surface area contributed by atoms with Gasteiger partial charge in [-0.05, 0) is 0 Å². The van der Waals surface area contributed by atoms with E-state index in [0.29, 0.717) is 19.6 Å². The second-order valence-corrected chi connectivity index (χ2v) is 3.53. The van der Waals surface area contributed by atoms with Crippen LogP contribution in [0.2, 0.25) is 0 Å². The lowest BCUT2D eigenvalue weighted by Crippen LogP contribution is -2.52. The first-order chi connectivity index (χ1) is 8.00. The molecule has 2 heterocycles. The minimum atomic E-state index is -4.43. The van der Waals surface area contributed by atoms with Crippen LogP contribution < -0.4 is 4.90 Å². The lowest BCUT2D eigenvalue weighted by molar-refractivity contribution is -0.138. The zero-order valence-electron chi connectivity index (χ0n) is 8.52. The van der Waals surface area contributed by atoms with E-state index in [-0.39, 0.29) is 12.1 Å². The molecule has 0 unspecified atom stereocenters. The molecule has 0 spiro atoms. The minimum absolute atomic E-state index is 0.198. The number of nitrogens with zero attached hydrogens (tertiary/aromatic N) is 3. The number of aromatic nitrogens is 2. The Labute approximate surface area is 94.2 Å². The van der Waals surface area contributed by atoms with Crippen LogP contribution in [0.1, 0.15) is 5.56 Å². The zero-order chi connectivity index (χ0) is 12.5. The Hall–Kier alpha value is -1.86. The highest BCUT2D eigenvalue weighted by atomic mass is 19.4. The quantitative estimate of drug-likeness (QED) is 0.741. The van der Waals surface area contributed by atoms with Gasteiger partial charge in [0.1, 0.15) is 6.10 Å². The van der Waals surface area contributed by atoms with Gasteiger partial charge in [-0.2, -0.15) is 13.2 Å². The Balaban J connectivity index is 1.98. The largest absolute Gasteiger partial charge is 0.461 e. The van der Waals surface area contributed by atoms with Crippen molar-refractivity contribution in [2.75, 3.05) is 18.0 Å². The van der Waals surface area contributed by atoms with Gasteiger partial charge in [0.15, 0.2) is 0 Å². The second-order valence-electron chi connectivity index (χ2n) is 3.53. The van der Waals surface area contributed by atoms with Gasteiger partial charge in [0.25, 0.3) is 6.47 Å². The first kappa shape index (κ1) is 11.6. The Morgan fingerprint density at radius 1 is 1.35 bits per heavy atom. The van der Waals surface area contributed by atoms with Crippen molar-refractivity contribution in [3.63, 3.8) is 0 Å². The monoisotopic (exact) mass is 247 g/mol. The summed E-state index contributed by atoms with van der Waals surface area (Å²) in [6.45, 7) is 1.13. The summed E-state index contributed by atoms with van der Waals surface area (Å²) in [6.07, 6.45) is -3.21. The van der Waals surface area contributed by atoms with E-state index in [1.54, 1.807) is 4.90 Å². The van der Waals surface area contributed by atoms with Crippen LogP contribution in [0.5, 0.6) is 0 Å². The maximum absolute atomic E-state index is 12.2. The zero-order valence-corrected chi connectivity index (χ0v) is 8.52. The SMILES string of the molecule is O=COC1CN(c2ncc(C(F)(F)F)cn2)C1. The van der Waals surface area contributed by atoms with E-state index in [4.69, 9.17) is 0 Å². The lowest BCUT2D eigenvalue weighted by Gasteiger charge is -2.37. The summed E-state index contributed by atoms with van der Waals surface area (Å²) in [7, 11) is 0. The van der Waals surface area contributed by atoms with Gasteiger partial charge in [0.05, 0.1) is 18.7 Å². The van der Waals surface area contributed by atoms with Crippen molar-refractivity contribution in [2.24, 2.45) is 0 Å². The number of hydrogen-bond donors (Lipinski definition) is 0. The standard InChI is InChI=1S/C9H8F3N3O2/c10-9(11,12)6-1-13-8(14-2-6)15-3-7(4-15)17-5-16/h1-2,5,7H,3-4H2. The summed E-state index contributed by atoms with van der Waals surface area (Å²) in [5, 5.41) is 0. The Morgan fingerprint density at radius 3 is 2.41 bits per heavy atom. The fourth-order valence-electron chi connectivity index (χ4n) is 1.40. The Bertz CT molecular complexity index is 401. The molecule has 5 nitrogen and oxygen atoms in total. The highest BCUT2D eigenvalue weighted by molar-refractivity contribution is 5.41. The van der Waals surface area contributed by atoms with Crippen molar-refractivity contribution >= 4 is 12.4 Å². The number of ether oxygens (including phenoxy) is 1. The van der Waals surface area contributed by atoms with Crippen LogP contribution >= 0.6 is 0 Å². The Morgan fingerprint density at radius 2 is 1.94 bits per heavy atom. The van der Waals surface area contributed by atoms with Crippen molar-refractivity contribution in [1.29, 1.82) is 0 Å². The normalized spacial score (nSPS) is 16.5. The van der Waals surface area contributed by atoms with Crippen molar-refractivity contribution in [2.45, 2.75) is 12.3 Å². The Kier molecular flexibility index (Phi) is 2.86. The third-order valence-electron chi connectivity index (χ3n) is 2.34. The summed E-state index contributed by atoms with van der Waals surface area (Å²) in [5.74, 6) is 0.198. The molecule has 0 bridgehead atoms. The summed E-state index contributed by atoms with van der Waals surface area (Å²) < 4.78 is 41.3. The third kappa shape index (κ3) is 2.45. The molecular weight excluding hydrogens is 239 g/mol. The number of halogens is 3. The highest BCUT2D eigenvalue weighted by Crippen LogP contribution is 2.28. The first-order valence-electron chi connectivity index (χ1n) is 4.74. The van der Waals surface area contributed by atoms with Crippen LogP contribution in [-0.4, -0.2) is 35.6 Å². The average molecular weight is 247 g/mol. The van der Waals surface area contributed by atoms with Crippen molar-refractivity contribution in [1.82, 2.24) is 9.97 Å². The highest BCUT2D eigenvalue weighted by Gasteiger charge is 2.33. The molecule has 0 atom stereocenters. The maximum atomic E-state index is 12.2. The van der Waals surface area contributed by atoms with Gasteiger partial charge in [-0.15, -0.1) is 0 Å². The molecule has 0 aromatic carbocycles. The summed E-state index contributed by atoms with van der Waals surface area (Å²) in [5.41, 5.74) is -0.887. The molecule has 0 N–H and O–H groups in total. The molecule has 17 heavy (non-hydrogen) atoms. The summed E-state index contributed by atoms with van der Waals surface area (Å²) in [4.78, 5) is 18.9. The summed E-state index contributed by atoms with van der Waals surface area (Å²) in [6, 6.07) is 0. The van der Waals surface area contributed by atoms with E-state index in [1.807, 2.05) is 0 Å². The van der Waals surface area contributed by atoms with Gasteiger partial charge in [0, 0.05) is 12.4 Å². The van der Waals surface area contributed by atoms with Gasteiger partial charge in [-0.1, -0.05) is 0 Å². The van der Waals surface area contributed by atoms with Gasteiger partial charge in [0.2, 0.25) is 5.95 Å². The number of rotatable bonds is 3. The molecule has 0 aliphatic carbocycles. The molecule has 1 aliphatic rings. The minimum Gasteiger partial charge on any atom is -0.461 e. The van der Waals surface area contributed by atoms with Crippen molar-refractivity contribution in [3.05, 3.63) is 18.0 Å². The van der Waals surface area contributed by atoms with E-state index in [2.05, 4.69) is 14.7 Å². The van der Waals surface area contributed by atoms with E-state index in [0.717, 1.165) is 12.4 Å². The molecule has 8 heteroatoms. The second kappa shape index (κ2) is 4.19. The van der Waals surface area contributed by atoms with Gasteiger partial charge in [-0.3, -0.25) is 4.79 Å². The molecule has 0 radical (unpaired) electrons. The molecule has 0 amide bonds. The number of carbonyl (C=O) groups is 1. The van der Waals surface area contributed by atoms with Crippen LogP contribution in [0.15, 0.2) is 12.4 Å². The lowest BCUT2D eigenvalue weighted by atomic mass is 10.2. The van der Waals surface area contributed by atoms with Crippen molar-refractivity contribution in [3.8, 4) is 0 Å². The van der Waals surface area contributed by atoms with Crippen LogP contribution in [-0.2, 0) is 15.7 Å². The van der Waals surface area contributed by atoms with E-state index >= 15 is 0 Å². The number of carbonyl (C=O) groups excluding carboxylic acids is 1. The molecule has 92 valence electrons. The smallest absolute Gasteiger partial charge is 0.419 e. The average Bonchev–Trinajstić information content (AvgIpc) is 2.22. The molecule has 0 saturated carbocycles. The fraction of sp³-hybridized carbons (Fsp3) is 0.444. The topological polar surface area (TPSA) is 55.3 Å². The molecule has 1 aromatic rings. The molecule has 1 aromatic heterocycles. The third-order valence-corrected chi connectivity index (χ3v) is 2.34. The fourth-order valence-corrected chi connectivity index (χ4v) is 1.40. The summed E-state index contributed by atoms with van der Waals surface area (Å²) >= 11 is 0. The van der Waals surface area contributed by atoms with Crippen LogP contribution in [0.4, 0.5) is 19.1 Å². The van der Waals surface area contributed by atoms with Gasteiger partial charge < -0.3 is 9.64 Å². The van der Waals surface area contributed by atoms with Crippen molar-refractivity contribution < 1.29 is 22.7 Å². The first-order valence-corrected chi connectivity index (χ1v) is 4.74. The van der Waals surface area contributed by atoms with Crippen LogP contribution in [0, 0.1) is 0 Å². The number of alkyl halides is 3. The van der Waals surface area contributed by atoms with Crippen LogP contribution in [0.25, 0.3) is 0 Å². The number of anilines is 1. The molecule has 2 rings (SSSR count). The molecule has 1 saturated heterocycles. The molecular formula is C9H8F3N3O2. The van der Waals surface area contributed by atoms with E-state index < -0.39 is 11.7 Å². The molecule has 1 aliphatic heterocycles. The van der Waals surface area contributed by atoms with Gasteiger partial charge in [-0.25, -0.2) is 9.97 Å². The van der Waals surface area contributed by atoms with Crippen LogP contribution in [0.3, 0.4) is 0 Å². The maximum Gasteiger partial charge on any atom is 0.419 e. The number of hydrogen-bond acceptors (Lipinski definition) is 5. The van der Waals surface area contributed by atoms with Gasteiger partial charge >= 0.3 is 6.18 Å². The predicted octanol–water partition coefficient (Wildman–Crippen LogP) is 0.857.